The zero-order chi connectivity index (χ0) is 16.9. The van der Waals surface area contributed by atoms with Crippen LogP contribution in [0.2, 0.25) is 0 Å². The fourth-order valence-electron chi connectivity index (χ4n) is 3.32. The third-order valence-corrected chi connectivity index (χ3v) is 4.51. The molecular weight excluding hydrogens is 298 g/mol. The molecule has 0 saturated heterocycles. The Morgan fingerprint density at radius 2 is 2.00 bits per heavy atom. The Balaban J connectivity index is 2.25. The monoisotopic (exact) mass is 315 g/mol. The molecule has 1 unspecified atom stereocenters. The number of fused-ring (bicyclic) bond motifs is 1. The highest BCUT2D eigenvalue weighted by Gasteiger charge is 2.58. The highest BCUT2D eigenvalue weighted by molar-refractivity contribution is 6.03. The molecule has 7 heteroatoms. The first-order valence-electron chi connectivity index (χ1n) is 7.22. The molecule has 1 fully saturated rings. The van der Waals surface area contributed by atoms with Crippen molar-refractivity contribution in [2.75, 3.05) is 0 Å². The van der Waals surface area contributed by atoms with E-state index in [4.69, 9.17) is 10.5 Å². The molecule has 1 aromatic carbocycles. The van der Waals surface area contributed by atoms with E-state index < -0.39 is 17.6 Å². The third-order valence-electron chi connectivity index (χ3n) is 4.51. The molecule has 0 aliphatic heterocycles. The van der Waals surface area contributed by atoms with Gasteiger partial charge in [-0.2, -0.15) is 0 Å². The second-order valence-electron chi connectivity index (χ2n) is 6.07. The van der Waals surface area contributed by atoms with Gasteiger partial charge in [-0.05, 0) is 37.5 Å². The summed E-state index contributed by atoms with van der Waals surface area (Å²) in [5.41, 5.74) is 0.799. The number of nitrogens with one attached hydrogen (secondary N) is 2. The standard InChI is InChI=1S/C16H17N3O4/c1-8-3-4-11-10(5-8)6-12(13(20)21)19(11)16(7-9(16)2)14(17)18-15(22)23/h3-6,9H,7H2,1-2H3,(H2,17,18)(H,20,21)(H,22,23)/t9-,16?/m0/s1. The van der Waals surface area contributed by atoms with Crippen LogP contribution < -0.4 is 5.32 Å². The number of amidine groups is 1. The van der Waals surface area contributed by atoms with E-state index in [9.17, 15) is 14.7 Å². The van der Waals surface area contributed by atoms with Crippen molar-refractivity contribution in [3.05, 3.63) is 35.5 Å². The Kier molecular flexibility index (Phi) is 3.17. The maximum Gasteiger partial charge on any atom is 0.410 e. The molecule has 2 atom stereocenters. The number of rotatable bonds is 3. The number of aromatic nitrogens is 1. The van der Waals surface area contributed by atoms with Crippen LogP contribution in [0.5, 0.6) is 0 Å². The number of aryl methyl sites for hydroxylation is 1. The van der Waals surface area contributed by atoms with Gasteiger partial charge in [-0.3, -0.25) is 10.7 Å². The third kappa shape index (κ3) is 2.16. The molecule has 1 aliphatic carbocycles. The summed E-state index contributed by atoms with van der Waals surface area (Å²) < 4.78 is 1.59. The summed E-state index contributed by atoms with van der Waals surface area (Å²) >= 11 is 0. The number of aromatic carboxylic acids is 1. The summed E-state index contributed by atoms with van der Waals surface area (Å²) in [7, 11) is 0. The second-order valence-corrected chi connectivity index (χ2v) is 6.07. The van der Waals surface area contributed by atoms with Gasteiger partial charge < -0.3 is 14.8 Å². The Bertz CT molecular complexity index is 854. The molecule has 120 valence electrons. The normalized spacial score (nSPS) is 22.8. The number of hydrogen-bond donors (Lipinski definition) is 4. The molecular formula is C16H17N3O4. The van der Waals surface area contributed by atoms with Crippen molar-refractivity contribution in [3.63, 3.8) is 0 Å². The van der Waals surface area contributed by atoms with Crippen LogP contribution in [-0.4, -0.2) is 32.7 Å². The number of amides is 1. The first-order chi connectivity index (χ1) is 10.8. The van der Waals surface area contributed by atoms with Crippen molar-refractivity contribution in [3.8, 4) is 0 Å². The largest absolute Gasteiger partial charge is 0.477 e. The lowest BCUT2D eigenvalue weighted by Gasteiger charge is -2.23. The van der Waals surface area contributed by atoms with Crippen molar-refractivity contribution < 1.29 is 19.8 Å². The lowest BCUT2D eigenvalue weighted by molar-refractivity contribution is 0.0684. The van der Waals surface area contributed by atoms with E-state index in [1.807, 2.05) is 32.0 Å². The molecule has 0 radical (unpaired) electrons. The van der Waals surface area contributed by atoms with E-state index in [-0.39, 0.29) is 17.4 Å². The van der Waals surface area contributed by atoms with Crippen LogP contribution in [-0.2, 0) is 5.54 Å². The molecule has 7 nitrogen and oxygen atoms in total. The summed E-state index contributed by atoms with van der Waals surface area (Å²) in [6.07, 6.45) is -0.804. The van der Waals surface area contributed by atoms with Crippen molar-refractivity contribution in [1.29, 1.82) is 5.41 Å². The Morgan fingerprint density at radius 3 is 2.52 bits per heavy atom. The lowest BCUT2D eigenvalue weighted by atomic mass is 10.1. The van der Waals surface area contributed by atoms with E-state index in [1.54, 1.807) is 10.6 Å². The van der Waals surface area contributed by atoms with Gasteiger partial charge >= 0.3 is 12.1 Å². The van der Waals surface area contributed by atoms with Crippen molar-refractivity contribution in [2.24, 2.45) is 5.92 Å². The molecule has 23 heavy (non-hydrogen) atoms. The second kappa shape index (κ2) is 4.84. The van der Waals surface area contributed by atoms with Gasteiger partial charge in [0.2, 0.25) is 0 Å². The van der Waals surface area contributed by atoms with Crippen LogP contribution in [0.1, 0.15) is 29.4 Å². The van der Waals surface area contributed by atoms with Crippen LogP contribution in [0.25, 0.3) is 10.9 Å². The topological polar surface area (TPSA) is 115 Å². The minimum Gasteiger partial charge on any atom is -0.477 e. The predicted molar refractivity (Wildman–Crippen MR) is 84.3 cm³/mol. The summed E-state index contributed by atoms with van der Waals surface area (Å²) in [4.78, 5) is 22.6. The Morgan fingerprint density at radius 1 is 1.35 bits per heavy atom. The first kappa shape index (κ1) is 15.1. The minimum atomic E-state index is -1.32. The van der Waals surface area contributed by atoms with E-state index in [0.717, 1.165) is 10.9 Å². The smallest absolute Gasteiger partial charge is 0.410 e. The molecule has 1 heterocycles. The van der Waals surface area contributed by atoms with Gasteiger partial charge in [0.15, 0.2) is 0 Å². The van der Waals surface area contributed by atoms with Crippen LogP contribution >= 0.6 is 0 Å². The zero-order valence-electron chi connectivity index (χ0n) is 12.8. The average Bonchev–Trinajstić information content (AvgIpc) is 2.97. The van der Waals surface area contributed by atoms with Crippen molar-refractivity contribution >= 4 is 28.8 Å². The first-order valence-corrected chi connectivity index (χ1v) is 7.22. The van der Waals surface area contributed by atoms with E-state index >= 15 is 0 Å². The highest BCUT2D eigenvalue weighted by Crippen LogP contribution is 2.52. The number of hydrogen-bond acceptors (Lipinski definition) is 3. The summed E-state index contributed by atoms with van der Waals surface area (Å²) in [6.45, 7) is 3.80. The maximum absolute atomic E-state index is 11.7. The number of carboxylic acids is 1. The quantitative estimate of drug-likeness (QED) is 0.514. The number of benzene rings is 1. The highest BCUT2D eigenvalue weighted by atomic mass is 16.4. The van der Waals surface area contributed by atoms with E-state index in [0.29, 0.717) is 11.9 Å². The number of nitrogens with zero attached hydrogens (tertiary/aromatic N) is 1. The fraction of sp³-hybridized carbons (Fsp3) is 0.312. The molecule has 4 N–H and O–H groups in total. The van der Waals surface area contributed by atoms with Crippen LogP contribution in [0.15, 0.2) is 24.3 Å². The van der Waals surface area contributed by atoms with Gasteiger partial charge in [-0.25, -0.2) is 9.59 Å². The Hall–Kier alpha value is -2.83. The molecule has 2 aromatic rings. The van der Waals surface area contributed by atoms with Gasteiger partial charge in [0.25, 0.3) is 0 Å². The van der Waals surface area contributed by atoms with Crippen LogP contribution in [0.3, 0.4) is 0 Å². The summed E-state index contributed by atoms with van der Waals surface area (Å²) in [5, 5.41) is 29.5. The average molecular weight is 315 g/mol. The van der Waals surface area contributed by atoms with Crippen LogP contribution in [0, 0.1) is 18.3 Å². The molecule has 1 aliphatic rings. The SMILES string of the molecule is Cc1ccc2c(c1)cc(C(=O)O)n2C1(C(=N)NC(=O)O)C[C@@H]1C. The van der Waals surface area contributed by atoms with Crippen molar-refractivity contribution in [1.82, 2.24) is 9.88 Å². The Labute approximate surface area is 132 Å². The molecule has 3 rings (SSSR count). The van der Waals surface area contributed by atoms with Gasteiger partial charge in [0.1, 0.15) is 17.1 Å². The zero-order valence-corrected chi connectivity index (χ0v) is 12.8. The predicted octanol–water partition coefficient (Wildman–Crippen LogP) is 2.63. The van der Waals surface area contributed by atoms with E-state index in [2.05, 4.69) is 5.32 Å². The lowest BCUT2D eigenvalue weighted by Crippen LogP contribution is -2.42. The molecule has 1 amide bonds. The van der Waals surface area contributed by atoms with Gasteiger partial charge in [-0.15, -0.1) is 0 Å². The van der Waals surface area contributed by atoms with Gasteiger partial charge in [-0.1, -0.05) is 18.6 Å². The molecule has 0 spiro atoms. The maximum atomic E-state index is 11.7. The number of carbonyl (C=O) groups is 2. The molecule has 1 saturated carbocycles. The van der Waals surface area contributed by atoms with Gasteiger partial charge in [0, 0.05) is 10.9 Å². The van der Waals surface area contributed by atoms with E-state index in [1.165, 1.54) is 0 Å². The molecule has 1 aromatic heterocycles. The fourth-order valence-corrected chi connectivity index (χ4v) is 3.32. The summed E-state index contributed by atoms with van der Waals surface area (Å²) in [5.74, 6) is -1.32. The number of carboxylic acid groups (broad SMARTS) is 2. The van der Waals surface area contributed by atoms with Gasteiger partial charge in [0.05, 0.1) is 0 Å². The summed E-state index contributed by atoms with van der Waals surface area (Å²) in [6, 6.07) is 7.15. The molecule has 0 bridgehead atoms. The van der Waals surface area contributed by atoms with Crippen LogP contribution in [0.4, 0.5) is 4.79 Å². The minimum absolute atomic E-state index is 0.0307. The van der Waals surface area contributed by atoms with Crippen molar-refractivity contribution in [2.45, 2.75) is 25.8 Å².